The molecule has 0 saturated heterocycles. The van der Waals surface area contributed by atoms with E-state index in [1.807, 2.05) is 6.07 Å². The first-order valence-electron chi connectivity index (χ1n) is 5.50. The van der Waals surface area contributed by atoms with Crippen LogP contribution in [0.2, 0.25) is 5.02 Å². The summed E-state index contributed by atoms with van der Waals surface area (Å²) in [6.07, 6.45) is 4.83. The van der Waals surface area contributed by atoms with Gasteiger partial charge < -0.3 is 4.98 Å². The predicted molar refractivity (Wildman–Crippen MR) is 76.6 cm³/mol. The Bertz CT molecular complexity index is 761. The summed E-state index contributed by atoms with van der Waals surface area (Å²) >= 11 is 7.15. The van der Waals surface area contributed by atoms with Crippen LogP contribution in [0.5, 0.6) is 0 Å². The van der Waals surface area contributed by atoms with Crippen molar-refractivity contribution >= 4 is 45.9 Å². The van der Waals surface area contributed by atoms with Gasteiger partial charge in [-0.25, -0.2) is 0 Å². The molecule has 4 nitrogen and oxygen atoms in total. The van der Waals surface area contributed by atoms with Crippen molar-refractivity contribution in [2.45, 2.75) is 0 Å². The third kappa shape index (κ3) is 2.43. The van der Waals surface area contributed by atoms with E-state index < -0.39 is 0 Å². The first-order valence-corrected chi connectivity index (χ1v) is 6.71. The summed E-state index contributed by atoms with van der Waals surface area (Å²) in [5.74, 6) is -0.0819. The van der Waals surface area contributed by atoms with Gasteiger partial charge in [0.1, 0.15) is 0 Å². The predicted octanol–water partition coefficient (Wildman–Crippen LogP) is 3.57. The van der Waals surface area contributed by atoms with E-state index in [2.05, 4.69) is 14.6 Å². The van der Waals surface area contributed by atoms with Crippen molar-refractivity contribution < 1.29 is 4.79 Å². The monoisotopic (exact) mass is 289 g/mol. The average Bonchev–Trinajstić information content (AvgIpc) is 3.04. The molecule has 3 rings (SSSR count). The van der Waals surface area contributed by atoms with Gasteiger partial charge in [0.2, 0.25) is 0 Å². The van der Waals surface area contributed by atoms with E-state index in [9.17, 15) is 4.79 Å². The molecular weight excluding hydrogens is 282 g/mol. The molecule has 0 spiro atoms. The van der Waals surface area contributed by atoms with E-state index in [0.717, 1.165) is 10.9 Å². The molecule has 0 fully saturated rings. The quantitative estimate of drug-likeness (QED) is 0.592. The minimum Gasteiger partial charge on any atom is -0.360 e. The molecule has 94 valence electrons. The maximum absolute atomic E-state index is 12.1. The van der Waals surface area contributed by atoms with Crippen molar-refractivity contribution in [3.63, 3.8) is 0 Å². The molecule has 0 aliphatic rings. The van der Waals surface area contributed by atoms with E-state index in [1.54, 1.807) is 29.8 Å². The maximum atomic E-state index is 12.1. The molecule has 2 aromatic heterocycles. The number of aromatic amines is 1. The van der Waals surface area contributed by atoms with Crippen LogP contribution in [0.25, 0.3) is 17.0 Å². The number of nitrogens with zero attached hydrogens (tertiary/aromatic N) is 2. The number of fused-ring (bicyclic) bond motifs is 1. The van der Waals surface area contributed by atoms with Crippen LogP contribution >= 0.6 is 23.1 Å². The molecule has 1 N–H and O–H groups in total. The minimum atomic E-state index is -0.0819. The molecule has 0 unspecified atom stereocenters. The van der Waals surface area contributed by atoms with Crippen LogP contribution < -0.4 is 0 Å². The summed E-state index contributed by atoms with van der Waals surface area (Å²) in [5.41, 5.74) is 2.15. The van der Waals surface area contributed by atoms with Gasteiger partial charge in [-0.2, -0.15) is 0 Å². The molecule has 0 radical (unpaired) electrons. The van der Waals surface area contributed by atoms with Crippen molar-refractivity contribution in [3.05, 3.63) is 52.1 Å². The average molecular weight is 290 g/mol. The van der Waals surface area contributed by atoms with Crippen molar-refractivity contribution in [2.75, 3.05) is 0 Å². The second kappa shape index (κ2) is 4.95. The number of rotatable bonds is 3. The highest BCUT2D eigenvalue weighted by molar-refractivity contribution is 7.03. The molecule has 0 bridgehead atoms. The fraction of sp³-hybridized carbons (Fsp3) is 0. The zero-order chi connectivity index (χ0) is 13.2. The van der Waals surface area contributed by atoms with Crippen LogP contribution in [0.1, 0.15) is 16.1 Å². The maximum Gasteiger partial charge on any atom is 0.188 e. The molecule has 6 heteroatoms. The fourth-order valence-electron chi connectivity index (χ4n) is 1.80. The highest BCUT2D eigenvalue weighted by atomic mass is 35.5. The lowest BCUT2D eigenvalue weighted by molar-refractivity contribution is 0.104. The van der Waals surface area contributed by atoms with Crippen molar-refractivity contribution in [1.29, 1.82) is 0 Å². The van der Waals surface area contributed by atoms with Gasteiger partial charge in [-0.1, -0.05) is 22.2 Å². The lowest BCUT2D eigenvalue weighted by atomic mass is 10.1. The van der Waals surface area contributed by atoms with Crippen molar-refractivity contribution in [2.24, 2.45) is 0 Å². The Morgan fingerprint density at radius 1 is 1.42 bits per heavy atom. The highest BCUT2D eigenvalue weighted by Gasteiger charge is 2.09. The summed E-state index contributed by atoms with van der Waals surface area (Å²) in [5, 5.41) is 7.12. The molecule has 0 aliphatic carbocycles. The number of nitrogens with one attached hydrogen (secondary N) is 1. The molecule has 1 aromatic carbocycles. The zero-order valence-corrected chi connectivity index (χ0v) is 11.2. The van der Waals surface area contributed by atoms with Crippen LogP contribution in [0.4, 0.5) is 0 Å². The van der Waals surface area contributed by atoms with E-state index in [-0.39, 0.29) is 5.78 Å². The summed E-state index contributed by atoms with van der Waals surface area (Å²) in [7, 11) is 0. The lowest BCUT2D eigenvalue weighted by Crippen LogP contribution is -1.92. The van der Waals surface area contributed by atoms with Gasteiger partial charge in [-0.3, -0.25) is 4.79 Å². The van der Waals surface area contributed by atoms with Crippen LogP contribution in [-0.2, 0) is 0 Å². The molecule has 0 saturated carbocycles. The third-order valence-electron chi connectivity index (χ3n) is 2.69. The number of aromatic nitrogens is 3. The summed E-state index contributed by atoms with van der Waals surface area (Å²) in [4.78, 5) is 15.2. The van der Waals surface area contributed by atoms with Gasteiger partial charge in [-0.15, -0.1) is 5.10 Å². The number of allylic oxidation sites excluding steroid dienone is 1. The van der Waals surface area contributed by atoms with E-state index in [4.69, 9.17) is 11.6 Å². The normalized spacial score (nSPS) is 11.4. The summed E-state index contributed by atoms with van der Waals surface area (Å²) in [6, 6.07) is 5.39. The van der Waals surface area contributed by atoms with E-state index >= 15 is 0 Å². The lowest BCUT2D eigenvalue weighted by Gasteiger charge is -1.94. The molecule has 3 aromatic rings. The number of H-pyrrole nitrogens is 1. The first kappa shape index (κ1) is 12.1. The number of carbonyl (C=O) groups excluding carboxylic acids is 1. The van der Waals surface area contributed by atoms with Crippen molar-refractivity contribution in [3.8, 4) is 0 Å². The minimum absolute atomic E-state index is 0.0819. The Kier molecular flexibility index (Phi) is 3.15. The Hall–Kier alpha value is -1.98. The van der Waals surface area contributed by atoms with Gasteiger partial charge >= 0.3 is 0 Å². The Labute approximate surface area is 117 Å². The smallest absolute Gasteiger partial charge is 0.188 e. The second-order valence-electron chi connectivity index (χ2n) is 3.92. The van der Waals surface area contributed by atoms with E-state index in [1.165, 1.54) is 17.6 Å². The number of benzene rings is 1. The van der Waals surface area contributed by atoms with Crippen LogP contribution in [0.3, 0.4) is 0 Å². The molecule has 19 heavy (non-hydrogen) atoms. The second-order valence-corrected chi connectivity index (χ2v) is 4.97. The summed E-state index contributed by atoms with van der Waals surface area (Å²) < 4.78 is 3.73. The molecular formula is C13H8ClN3OS. The molecule has 0 aliphatic heterocycles. The van der Waals surface area contributed by atoms with Crippen LogP contribution in [0, 0.1) is 0 Å². The summed E-state index contributed by atoms with van der Waals surface area (Å²) in [6.45, 7) is 0. The number of hydrogen-bond acceptors (Lipinski definition) is 4. The number of ketones is 1. The number of carbonyl (C=O) groups is 1. The van der Waals surface area contributed by atoms with E-state index in [0.29, 0.717) is 16.3 Å². The Balaban J connectivity index is 1.94. The SMILES string of the molecule is O=C(C=Cc1csnn1)c1c[nH]c2cc(Cl)ccc12. The Morgan fingerprint density at radius 2 is 2.32 bits per heavy atom. The van der Waals surface area contributed by atoms with Crippen LogP contribution in [0.15, 0.2) is 35.9 Å². The molecule has 0 atom stereocenters. The van der Waals surface area contributed by atoms with Crippen molar-refractivity contribution in [1.82, 2.24) is 14.6 Å². The zero-order valence-electron chi connectivity index (χ0n) is 9.63. The van der Waals surface area contributed by atoms with Gasteiger partial charge in [0, 0.05) is 33.1 Å². The largest absolute Gasteiger partial charge is 0.360 e. The fourth-order valence-corrected chi connectivity index (χ4v) is 2.39. The molecule has 0 amide bonds. The molecule has 2 heterocycles. The van der Waals surface area contributed by atoms with Gasteiger partial charge in [0.25, 0.3) is 0 Å². The van der Waals surface area contributed by atoms with Gasteiger partial charge in [-0.05, 0) is 35.8 Å². The number of halogens is 1. The number of hydrogen-bond donors (Lipinski definition) is 1. The standard InChI is InChI=1S/C13H8ClN3OS/c14-8-1-3-10-11(6-15-12(10)5-8)13(18)4-2-9-7-19-17-16-9/h1-7,15H. The third-order valence-corrected chi connectivity index (χ3v) is 3.45. The van der Waals surface area contributed by atoms with Crippen LogP contribution in [-0.4, -0.2) is 20.4 Å². The highest BCUT2D eigenvalue weighted by Crippen LogP contribution is 2.22. The topological polar surface area (TPSA) is 58.6 Å². The van der Waals surface area contributed by atoms with Gasteiger partial charge in [0.15, 0.2) is 5.78 Å². The Morgan fingerprint density at radius 3 is 3.11 bits per heavy atom. The first-order chi connectivity index (χ1) is 9.24. The van der Waals surface area contributed by atoms with Gasteiger partial charge in [0.05, 0.1) is 5.69 Å².